The number of fused-ring (bicyclic) bond motifs is 1. The Balaban J connectivity index is 1.48. The number of ketones is 1. The SMILES string of the molecule is Cc1cc(-c2ccc(C(=O)/C=C/c3ccc4nccnc4c3)cc2)ccc1OC(C)C. The molecule has 4 aromatic rings. The molecule has 0 aliphatic carbocycles. The van der Waals surface area contributed by atoms with Crippen LogP contribution >= 0.6 is 0 Å². The second kappa shape index (κ2) is 8.92. The average Bonchev–Trinajstić information content (AvgIpc) is 2.78. The summed E-state index contributed by atoms with van der Waals surface area (Å²) < 4.78 is 5.81. The van der Waals surface area contributed by atoms with Crippen molar-refractivity contribution in [3.8, 4) is 16.9 Å². The molecule has 0 unspecified atom stereocenters. The van der Waals surface area contributed by atoms with E-state index in [9.17, 15) is 4.79 Å². The molecule has 0 bridgehead atoms. The van der Waals surface area contributed by atoms with Crippen LogP contribution in [0.5, 0.6) is 5.75 Å². The molecule has 0 aliphatic rings. The van der Waals surface area contributed by atoms with E-state index >= 15 is 0 Å². The Hall–Kier alpha value is -3.79. The van der Waals surface area contributed by atoms with Crippen molar-refractivity contribution in [3.63, 3.8) is 0 Å². The molecule has 0 atom stereocenters. The number of allylic oxidation sites excluding steroid dienone is 1. The summed E-state index contributed by atoms with van der Waals surface area (Å²) in [4.78, 5) is 21.2. The zero-order valence-corrected chi connectivity index (χ0v) is 17.9. The number of aryl methyl sites for hydroxylation is 1. The summed E-state index contributed by atoms with van der Waals surface area (Å²) in [5, 5.41) is 0. The van der Waals surface area contributed by atoms with E-state index in [-0.39, 0.29) is 11.9 Å². The molecule has 0 radical (unpaired) electrons. The highest BCUT2D eigenvalue weighted by Gasteiger charge is 2.07. The van der Waals surface area contributed by atoms with E-state index in [1.165, 1.54) is 0 Å². The van der Waals surface area contributed by atoms with Crippen LogP contribution in [0.1, 0.15) is 35.3 Å². The lowest BCUT2D eigenvalue weighted by atomic mass is 10.00. The fourth-order valence-electron chi connectivity index (χ4n) is 3.39. The second-order valence-corrected chi connectivity index (χ2v) is 7.73. The van der Waals surface area contributed by atoms with Crippen LogP contribution in [-0.4, -0.2) is 21.9 Å². The lowest BCUT2D eigenvalue weighted by Gasteiger charge is -2.13. The van der Waals surface area contributed by atoms with Gasteiger partial charge in [-0.1, -0.05) is 42.5 Å². The van der Waals surface area contributed by atoms with Gasteiger partial charge in [-0.15, -0.1) is 0 Å². The minimum absolute atomic E-state index is 0.0392. The Morgan fingerprint density at radius 2 is 1.58 bits per heavy atom. The first kappa shape index (κ1) is 20.5. The number of carbonyl (C=O) groups is 1. The van der Waals surface area contributed by atoms with Crippen molar-refractivity contribution < 1.29 is 9.53 Å². The highest BCUT2D eigenvalue weighted by molar-refractivity contribution is 6.07. The molecule has 4 heteroatoms. The molecule has 1 heterocycles. The predicted octanol–water partition coefficient (Wildman–Crippen LogP) is 6.29. The van der Waals surface area contributed by atoms with Crippen LogP contribution < -0.4 is 4.74 Å². The third-order valence-electron chi connectivity index (χ3n) is 4.96. The molecular weight excluding hydrogens is 384 g/mol. The summed E-state index contributed by atoms with van der Waals surface area (Å²) in [7, 11) is 0. The standard InChI is InChI=1S/C27H24N2O2/c1-18(2)31-27-13-10-23(16-19(27)3)21-6-8-22(9-7-21)26(30)12-5-20-4-11-24-25(17-20)29-15-14-28-24/h4-18H,1-3H3/b12-5+. The van der Waals surface area contributed by atoms with E-state index in [1.54, 1.807) is 24.5 Å². The maximum absolute atomic E-state index is 12.6. The zero-order chi connectivity index (χ0) is 21.8. The number of hydrogen-bond acceptors (Lipinski definition) is 4. The number of aromatic nitrogens is 2. The van der Waals surface area contributed by atoms with Gasteiger partial charge in [0.2, 0.25) is 0 Å². The smallest absolute Gasteiger partial charge is 0.185 e. The first-order chi connectivity index (χ1) is 15.0. The maximum atomic E-state index is 12.6. The van der Waals surface area contributed by atoms with E-state index in [0.717, 1.165) is 39.0 Å². The van der Waals surface area contributed by atoms with Crippen LogP contribution in [-0.2, 0) is 0 Å². The van der Waals surface area contributed by atoms with Gasteiger partial charge in [0, 0.05) is 18.0 Å². The van der Waals surface area contributed by atoms with Gasteiger partial charge in [-0.2, -0.15) is 0 Å². The summed E-state index contributed by atoms with van der Waals surface area (Å²) >= 11 is 0. The Kier molecular flexibility index (Phi) is 5.89. The van der Waals surface area contributed by atoms with Gasteiger partial charge in [0.15, 0.2) is 5.78 Å². The zero-order valence-electron chi connectivity index (χ0n) is 17.9. The quantitative estimate of drug-likeness (QED) is 0.278. The Bertz CT molecular complexity index is 1260. The lowest BCUT2D eigenvalue weighted by molar-refractivity contribution is 0.104. The maximum Gasteiger partial charge on any atom is 0.185 e. The molecular formula is C27H24N2O2. The summed E-state index contributed by atoms with van der Waals surface area (Å²) in [5.74, 6) is 0.859. The predicted molar refractivity (Wildman–Crippen MR) is 125 cm³/mol. The van der Waals surface area contributed by atoms with E-state index in [0.29, 0.717) is 5.56 Å². The van der Waals surface area contributed by atoms with Crippen molar-refractivity contribution >= 4 is 22.9 Å². The summed E-state index contributed by atoms with van der Waals surface area (Å²) in [5.41, 5.74) is 6.46. The van der Waals surface area contributed by atoms with Gasteiger partial charge < -0.3 is 4.74 Å². The number of hydrogen-bond donors (Lipinski definition) is 0. The molecule has 154 valence electrons. The third-order valence-corrected chi connectivity index (χ3v) is 4.96. The monoisotopic (exact) mass is 408 g/mol. The molecule has 1 aromatic heterocycles. The number of carbonyl (C=O) groups excluding carboxylic acids is 1. The van der Waals surface area contributed by atoms with Crippen LogP contribution in [0.2, 0.25) is 0 Å². The minimum Gasteiger partial charge on any atom is -0.491 e. The molecule has 3 aromatic carbocycles. The van der Waals surface area contributed by atoms with Crippen molar-refractivity contribution in [2.45, 2.75) is 26.9 Å². The van der Waals surface area contributed by atoms with Gasteiger partial charge >= 0.3 is 0 Å². The van der Waals surface area contributed by atoms with Gasteiger partial charge in [0.1, 0.15) is 5.75 Å². The second-order valence-electron chi connectivity index (χ2n) is 7.73. The number of ether oxygens (including phenoxy) is 1. The Morgan fingerprint density at radius 1 is 0.871 bits per heavy atom. The molecule has 0 aliphatic heterocycles. The molecule has 4 rings (SSSR count). The first-order valence-electron chi connectivity index (χ1n) is 10.3. The average molecular weight is 409 g/mol. The minimum atomic E-state index is -0.0392. The van der Waals surface area contributed by atoms with Crippen molar-refractivity contribution in [1.82, 2.24) is 9.97 Å². The van der Waals surface area contributed by atoms with E-state index in [2.05, 4.69) is 16.0 Å². The lowest BCUT2D eigenvalue weighted by Crippen LogP contribution is -2.06. The van der Waals surface area contributed by atoms with Crippen molar-refractivity contribution in [1.29, 1.82) is 0 Å². The highest BCUT2D eigenvalue weighted by atomic mass is 16.5. The van der Waals surface area contributed by atoms with Gasteiger partial charge in [-0.25, -0.2) is 0 Å². The first-order valence-corrected chi connectivity index (χ1v) is 10.3. The topological polar surface area (TPSA) is 52.1 Å². The largest absolute Gasteiger partial charge is 0.491 e. The van der Waals surface area contributed by atoms with E-state index in [1.807, 2.05) is 75.4 Å². The van der Waals surface area contributed by atoms with Gasteiger partial charge in [0.05, 0.1) is 17.1 Å². The van der Waals surface area contributed by atoms with Gasteiger partial charge in [0.25, 0.3) is 0 Å². The normalized spacial score (nSPS) is 11.4. The van der Waals surface area contributed by atoms with Crippen LogP contribution in [0.4, 0.5) is 0 Å². The van der Waals surface area contributed by atoms with E-state index in [4.69, 9.17) is 4.74 Å². The Labute approximate surface area is 182 Å². The molecule has 4 nitrogen and oxygen atoms in total. The van der Waals surface area contributed by atoms with Crippen LogP contribution in [0.15, 0.2) is 79.1 Å². The van der Waals surface area contributed by atoms with Crippen molar-refractivity contribution in [2.24, 2.45) is 0 Å². The van der Waals surface area contributed by atoms with E-state index < -0.39 is 0 Å². The number of benzene rings is 3. The van der Waals surface area contributed by atoms with Crippen molar-refractivity contribution in [3.05, 3.63) is 95.8 Å². The molecule has 0 saturated heterocycles. The number of nitrogens with zero attached hydrogens (tertiary/aromatic N) is 2. The molecule has 0 fully saturated rings. The fraction of sp³-hybridized carbons (Fsp3) is 0.148. The van der Waals surface area contributed by atoms with Crippen LogP contribution in [0.25, 0.3) is 28.2 Å². The molecule has 0 amide bonds. The third kappa shape index (κ3) is 4.86. The van der Waals surface area contributed by atoms with Crippen LogP contribution in [0.3, 0.4) is 0 Å². The summed E-state index contributed by atoms with van der Waals surface area (Å²) in [6, 6.07) is 19.6. The summed E-state index contributed by atoms with van der Waals surface area (Å²) in [6.07, 6.45) is 6.87. The van der Waals surface area contributed by atoms with Crippen LogP contribution in [0, 0.1) is 6.92 Å². The summed E-state index contributed by atoms with van der Waals surface area (Å²) in [6.45, 7) is 6.08. The highest BCUT2D eigenvalue weighted by Crippen LogP contribution is 2.27. The number of rotatable bonds is 6. The Morgan fingerprint density at radius 3 is 2.29 bits per heavy atom. The molecule has 31 heavy (non-hydrogen) atoms. The molecule has 0 N–H and O–H groups in total. The van der Waals surface area contributed by atoms with Gasteiger partial charge in [-0.3, -0.25) is 14.8 Å². The molecule has 0 spiro atoms. The molecule has 0 saturated carbocycles. The fourth-order valence-corrected chi connectivity index (χ4v) is 3.39. The van der Waals surface area contributed by atoms with Gasteiger partial charge in [-0.05, 0) is 73.4 Å². The van der Waals surface area contributed by atoms with Crippen molar-refractivity contribution in [2.75, 3.05) is 0 Å².